The van der Waals surface area contributed by atoms with E-state index in [2.05, 4.69) is 20.1 Å². The second kappa shape index (κ2) is 14.9. The van der Waals surface area contributed by atoms with Crippen LogP contribution in [0.4, 0.5) is 4.79 Å². The van der Waals surface area contributed by atoms with Gasteiger partial charge in [0, 0.05) is 24.0 Å². The minimum atomic E-state index is -3.42. The highest BCUT2D eigenvalue weighted by Crippen LogP contribution is 2.33. The van der Waals surface area contributed by atoms with Crippen LogP contribution in [0.25, 0.3) is 0 Å². The molecule has 0 aromatic carbocycles. The van der Waals surface area contributed by atoms with Gasteiger partial charge in [0.15, 0.2) is 0 Å². The first-order valence-electron chi connectivity index (χ1n) is 10.9. The van der Waals surface area contributed by atoms with Crippen LogP contribution in [0.2, 0.25) is 0 Å². The molecule has 2 heterocycles. The summed E-state index contributed by atoms with van der Waals surface area (Å²) >= 11 is 1.89. The summed E-state index contributed by atoms with van der Waals surface area (Å²) in [6.45, 7) is 2.60. The van der Waals surface area contributed by atoms with Gasteiger partial charge in [-0.1, -0.05) is 6.42 Å². The van der Waals surface area contributed by atoms with Gasteiger partial charge in [0.2, 0.25) is 5.91 Å². The Bertz CT molecular complexity index is 679. The van der Waals surface area contributed by atoms with Crippen LogP contribution >= 0.6 is 11.8 Å². The van der Waals surface area contributed by atoms with E-state index >= 15 is 0 Å². The van der Waals surface area contributed by atoms with Gasteiger partial charge in [0.1, 0.15) is 0 Å². The molecule has 3 atom stereocenters. The maximum Gasteiger partial charge on any atom is 0.315 e. The summed E-state index contributed by atoms with van der Waals surface area (Å²) in [5.41, 5.74) is 0. The number of thioether (sulfide) groups is 1. The summed E-state index contributed by atoms with van der Waals surface area (Å²) < 4.78 is 41.9. The zero-order chi connectivity index (χ0) is 23.2. The van der Waals surface area contributed by atoms with Crippen molar-refractivity contribution in [3.05, 3.63) is 0 Å². The highest BCUT2D eigenvalue weighted by atomic mass is 32.2. The maximum atomic E-state index is 11.9. The number of ether oxygens (including phenoxy) is 3. The molecule has 0 saturated carbocycles. The molecule has 2 saturated heterocycles. The number of hydrogen-bond donors (Lipinski definition) is 3. The minimum Gasteiger partial charge on any atom is -0.377 e. The average Bonchev–Trinajstić information content (AvgIpc) is 3.27. The Hall–Kier alpha value is -1.12. The average molecular weight is 498 g/mol. The number of fused-ring (bicyclic) bond motifs is 1. The van der Waals surface area contributed by atoms with Crippen LogP contribution in [0, 0.1) is 0 Å². The fourth-order valence-electron chi connectivity index (χ4n) is 3.41. The number of amides is 3. The number of rotatable bonds is 18. The highest BCUT2D eigenvalue weighted by Gasteiger charge is 2.42. The van der Waals surface area contributed by atoms with Crippen molar-refractivity contribution < 1.29 is 36.4 Å². The van der Waals surface area contributed by atoms with Gasteiger partial charge in [0.25, 0.3) is 10.1 Å². The number of carbonyl (C=O) groups excluding carboxylic acids is 2. The van der Waals surface area contributed by atoms with Crippen LogP contribution in [0.15, 0.2) is 0 Å². The Morgan fingerprint density at radius 3 is 2.38 bits per heavy atom. The third-order valence-electron chi connectivity index (χ3n) is 4.92. The number of hydrogen-bond acceptors (Lipinski definition) is 9. The number of urea groups is 1. The van der Waals surface area contributed by atoms with Gasteiger partial charge in [-0.15, -0.1) is 0 Å². The molecule has 0 aromatic rings. The molecule has 3 N–H and O–H groups in total. The lowest BCUT2D eigenvalue weighted by atomic mass is 10.0. The zero-order valence-electron chi connectivity index (χ0n) is 18.5. The third-order valence-corrected chi connectivity index (χ3v) is 7.02. The van der Waals surface area contributed by atoms with Crippen LogP contribution in [-0.2, 0) is 33.3 Å². The molecule has 13 heteroatoms. The van der Waals surface area contributed by atoms with E-state index in [4.69, 9.17) is 14.2 Å². The smallest absolute Gasteiger partial charge is 0.315 e. The molecule has 186 valence electrons. The van der Waals surface area contributed by atoms with Crippen LogP contribution in [0.1, 0.15) is 25.7 Å². The SMILES string of the molecule is CS(=O)(=O)OCCOCCOCCOCCNC(=O)CCCC[C@@H]1SC[C@@H]2NC(=O)N[C@@H]21. The van der Waals surface area contributed by atoms with Crippen LogP contribution in [0.3, 0.4) is 0 Å². The monoisotopic (exact) mass is 497 g/mol. The Labute approximate surface area is 194 Å². The molecule has 0 spiro atoms. The molecule has 0 unspecified atom stereocenters. The molecule has 0 bridgehead atoms. The second-order valence-corrected chi connectivity index (χ2v) is 10.5. The van der Waals surface area contributed by atoms with Crippen molar-refractivity contribution in [3.8, 4) is 0 Å². The predicted octanol–water partition coefficient (Wildman–Crippen LogP) is -0.146. The van der Waals surface area contributed by atoms with E-state index in [0.29, 0.717) is 51.2 Å². The van der Waals surface area contributed by atoms with Crippen molar-refractivity contribution in [1.82, 2.24) is 16.0 Å². The zero-order valence-corrected chi connectivity index (χ0v) is 20.1. The van der Waals surface area contributed by atoms with Gasteiger partial charge in [0.05, 0.1) is 64.6 Å². The fourth-order valence-corrected chi connectivity index (χ4v) is 5.33. The first-order valence-corrected chi connectivity index (χ1v) is 13.7. The molecule has 0 aliphatic carbocycles. The lowest BCUT2D eigenvalue weighted by Crippen LogP contribution is -2.36. The lowest BCUT2D eigenvalue weighted by molar-refractivity contribution is -0.121. The van der Waals surface area contributed by atoms with Gasteiger partial charge in [-0.3, -0.25) is 8.98 Å². The summed E-state index contributed by atoms with van der Waals surface area (Å²) in [4.78, 5) is 23.3. The number of carbonyl (C=O) groups is 2. The Balaban J connectivity index is 1.31. The van der Waals surface area contributed by atoms with Gasteiger partial charge in [-0.25, -0.2) is 4.79 Å². The molecule has 2 fully saturated rings. The number of unbranched alkanes of at least 4 members (excludes halogenated alkanes) is 1. The molecule has 0 aromatic heterocycles. The summed E-state index contributed by atoms with van der Waals surface area (Å²) in [5.74, 6) is 0.977. The van der Waals surface area contributed by atoms with E-state index in [9.17, 15) is 18.0 Å². The normalized spacial score (nSPS) is 22.4. The first-order chi connectivity index (χ1) is 15.3. The van der Waals surface area contributed by atoms with E-state index in [1.54, 1.807) is 0 Å². The molecular formula is C19H35N3O8S2. The topological polar surface area (TPSA) is 141 Å². The van der Waals surface area contributed by atoms with Gasteiger partial charge < -0.3 is 30.2 Å². The van der Waals surface area contributed by atoms with E-state index in [-0.39, 0.29) is 37.2 Å². The fraction of sp³-hybridized carbons (Fsp3) is 0.895. The summed E-state index contributed by atoms with van der Waals surface area (Å²) in [5, 5.41) is 9.19. The van der Waals surface area contributed by atoms with Gasteiger partial charge in [-0.05, 0) is 12.8 Å². The largest absolute Gasteiger partial charge is 0.377 e. The Morgan fingerprint density at radius 1 is 1.03 bits per heavy atom. The molecule has 2 rings (SSSR count). The summed E-state index contributed by atoms with van der Waals surface area (Å²) in [6, 6.07) is 0.395. The minimum absolute atomic E-state index is 0.00844. The first kappa shape index (κ1) is 27.1. The summed E-state index contributed by atoms with van der Waals surface area (Å²) in [7, 11) is -3.42. The van der Waals surface area contributed by atoms with E-state index < -0.39 is 10.1 Å². The van der Waals surface area contributed by atoms with E-state index in [1.165, 1.54) is 0 Å². The molecule has 3 amide bonds. The van der Waals surface area contributed by atoms with Crippen molar-refractivity contribution in [3.63, 3.8) is 0 Å². The van der Waals surface area contributed by atoms with Gasteiger partial charge >= 0.3 is 6.03 Å². The molecular weight excluding hydrogens is 462 g/mol. The van der Waals surface area contributed by atoms with Crippen LogP contribution < -0.4 is 16.0 Å². The summed E-state index contributed by atoms with van der Waals surface area (Å²) in [6.07, 6.45) is 4.29. The quantitative estimate of drug-likeness (QED) is 0.134. The Kier molecular flexibility index (Phi) is 12.6. The molecule has 11 nitrogen and oxygen atoms in total. The van der Waals surface area contributed by atoms with Crippen LogP contribution in [-0.4, -0.2) is 102 Å². The third kappa shape index (κ3) is 11.7. The molecule has 2 aliphatic rings. The standard InChI is InChI=1S/C19H35N3O8S2/c1-32(25,26)30-13-12-29-11-10-28-9-8-27-7-6-20-17(23)5-3-2-4-16-18-15(14-31-16)21-19(24)22-18/h15-16,18H,2-14H2,1H3,(H,20,23)(H2,21,22,24)/t15-,16-,18-/m0/s1. The maximum absolute atomic E-state index is 11.9. The van der Waals surface area contributed by atoms with Crippen molar-refractivity contribution in [2.24, 2.45) is 0 Å². The predicted molar refractivity (Wildman–Crippen MR) is 120 cm³/mol. The lowest BCUT2D eigenvalue weighted by Gasteiger charge is -2.16. The van der Waals surface area contributed by atoms with E-state index in [1.807, 2.05) is 11.8 Å². The second-order valence-electron chi connectivity index (χ2n) is 7.58. The molecule has 32 heavy (non-hydrogen) atoms. The van der Waals surface area contributed by atoms with Crippen molar-refractivity contribution in [2.45, 2.75) is 43.0 Å². The Morgan fingerprint density at radius 2 is 1.69 bits per heavy atom. The van der Waals surface area contributed by atoms with Crippen molar-refractivity contribution >= 4 is 33.8 Å². The highest BCUT2D eigenvalue weighted by molar-refractivity contribution is 8.00. The molecule has 2 aliphatic heterocycles. The van der Waals surface area contributed by atoms with Crippen molar-refractivity contribution in [1.29, 1.82) is 0 Å². The van der Waals surface area contributed by atoms with Crippen LogP contribution in [0.5, 0.6) is 0 Å². The molecule has 0 radical (unpaired) electrons. The van der Waals surface area contributed by atoms with Gasteiger partial charge in [-0.2, -0.15) is 20.2 Å². The number of nitrogens with one attached hydrogen (secondary N) is 3. The van der Waals surface area contributed by atoms with Crippen molar-refractivity contribution in [2.75, 3.05) is 64.8 Å². The van der Waals surface area contributed by atoms with E-state index in [0.717, 1.165) is 31.3 Å².